The van der Waals surface area contributed by atoms with Gasteiger partial charge in [-0.3, -0.25) is 0 Å². The van der Waals surface area contributed by atoms with E-state index < -0.39 is 11.9 Å². The molecular formula is C19H20O4. The molecule has 23 heavy (non-hydrogen) atoms. The van der Waals surface area contributed by atoms with Crippen LogP contribution in [0.5, 0.6) is 0 Å². The van der Waals surface area contributed by atoms with E-state index in [1.54, 1.807) is 18.1 Å². The van der Waals surface area contributed by atoms with Crippen molar-refractivity contribution < 1.29 is 19.8 Å². The average molecular weight is 312 g/mol. The SMILES string of the molecule is CC(C)c1ccc2c(c1)C2.Cc1cc(C(=O)O)cc(C(=O)O)c1. The molecule has 0 saturated carbocycles. The van der Waals surface area contributed by atoms with Gasteiger partial charge < -0.3 is 10.2 Å². The van der Waals surface area contributed by atoms with Gasteiger partial charge in [0.25, 0.3) is 0 Å². The van der Waals surface area contributed by atoms with Crippen LogP contribution < -0.4 is 0 Å². The second-order valence-corrected chi connectivity index (χ2v) is 6.06. The van der Waals surface area contributed by atoms with E-state index in [-0.39, 0.29) is 11.1 Å². The molecule has 1 aliphatic rings. The number of rotatable bonds is 3. The summed E-state index contributed by atoms with van der Waals surface area (Å²) < 4.78 is 0. The second-order valence-electron chi connectivity index (χ2n) is 6.06. The molecule has 4 heteroatoms. The van der Waals surface area contributed by atoms with Crippen LogP contribution in [0.3, 0.4) is 0 Å². The molecule has 0 amide bonds. The Kier molecular flexibility index (Phi) is 4.84. The summed E-state index contributed by atoms with van der Waals surface area (Å²) in [6.45, 7) is 6.13. The van der Waals surface area contributed by atoms with E-state index >= 15 is 0 Å². The third kappa shape index (κ3) is 4.42. The molecule has 0 aromatic heterocycles. The summed E-state index contributed by atoms with van der Waals surface area (Å²) >= 11 is 0. The second kappa shape index (κ2) is 6.65. The average Bonchev–Trinajstić information content (AvgIpc) is 3.25. The number of aromatic carboxylic acids is 2. The predicted octanol–water partition coefficient (Wildman–Crippen LogP) is 4.11. The smallest absolute Gasteiger partial charge is 0.335 e. The summed E-state index contributed by atoms with van der Waals surface area (Å²) in [4.78, 5) is 21.1. The normalized spacial score (nSPS) is 11.3. The minimum atomic E-state index is -1.12. The van der Waals surface area contributed by atoms with Gasteiger partial charge in [-0.05, 0) is 59.7 Å². The largest absolute Gasteiger partial charge is 0.478 e. The van der Waals surface area contributed by atoms with Gasteiger partial charge in [0.2, 0.25) is 0 Å². The standard InChI is InChI=1S/C10H12.C9H8O4/c1-7(2)8-3-4-9-6-10(9)5-8;1-5-2-6(8(10)11)4-7(3-5)9(12)13/h3-5,7H,6H2,1-2H3;2-4H,1H3,(H,10,11)(H,12,13). The predicted molar refractivity (Wildman–Crippen MR) is 88.4 cm³/mol. The molecule has 3 rings (SSSR count). The van der Waals surface area contributed by atoms with Crippen LogP contribution in [0, 0.1) is 6.92 Å². The van der Waals surface area contributed by atoms with Crippen LogP contribution in [0.2, 0.25) is 0 Å². The van der Waals surface area contributed by atoms with Crippen LogP contribution >= 0.6 is 0 Å². The first-order valence-corrected chi connectivity index (χ1v) is 7.48. The van der Waals surface area contributed by atoms with Crippen molar-refractivity contribution in [3.63, 3.8) is 0 Å². The lowest BCUT2D eigenvalue weighted by Crippen LogP contribution is -2.02. The number of carboxylic acid groups (broad SMARTS) is 2. The first-order valence-electron chi connectivity index (χ1n) is 7.48. The number of carbonyl (C=O) groups is 2. The minimum Gasteiger partial charge on any atom is -0.478 e. The fourth-order valence-corrected chi connectivity index (χ4v) is 2.31. The molecule has 0 unspecified atom stereocenters. The Morgan fingerprint density at radius 2 is 1.48 bits per heavy atom. The first-order chi connectivity index (χ1) is 10.8. The molecule has 0 heterocycles. The maximum atomic E-state index is 10.5. The van der Waals surface area contributed by atoms with Gasteiger partial charge in [-0.2, -0.15) is 0 Å². The maximum Gasteiger partial charge on any atom is 0.335 e. The van der Waals surface area contributed by atoms with E-state index in [2.05, 4.69) is 32.0 Å². The first kappa shape index (κ1) is 16.7. The molecule has 2 N–H and O–H groups in total. The van der Waals surface area contributed by atoms with Crippen molar-refractivity contribution in [1.82, 2.24) is 0 Å². The lowest BCUT2D eigenvalue weighted by molar-refractivity contribution is 0.0696. The van der Waals surface area contributed by atoms with Gasteiger partial charge in [-0.1, -0.05) is 32.0 Å². The molecule has 2 aromatic carbocycles. The highest BCUT2D eigenvalue weighted by molar-refractivity contribution is 5.94. The number of aryl methyl sites for hydroxylation is 1. The van der Waals surface area contributed by atoms with E-state index in [0.29, 0.717) is 11.5 Å². The van der Waals surface area contributed by atoms with Gasteiger partial charge in [0, 0.05) is 0 Å². The fourth-order valence-electron chi connectivity index (χ4n) is 2.31. The van der Waals surface area contributed by atoms with Crippen molar-refractivity contribution in [2.24, 2.45) is 0 Å². The molecule has 0 fully saturated rings. The molecular weight excluding hydrogens is 292 g/mol. The molecule has 1 aliphatic carbocycles. The minimum absolute atomic E-state index is 0.00241. The molecule has 120 valence electrons. The highest BCUT2D eigenvalue weighted by Gasteiger charge is 2.16. The van der Waals surface area contributed by atoms with Gasteiger partial charge in [0.1, 0.15) is 0 Å². The summed E-state index contributed by atoms with van der Waals surface area (Å²) in [6, 6.07) is 10.8. The number of hydrogen-bond acceptors (Lipinski definition) is 2. The molecule has 0 spiro atoms. The number of hydrogen-bond donors (Lipinski definition) is 2. The number of fused-ring (bicyclic) bond motifs is 1. The van der Waals surface area contributed by atoms with Crippen molar-refractivity contribution in [2.45, 2.75) is 33.1 Å². The van der Waals surface area contributed by atoms with Crippen molar-refractivity contribution >= 4 is 11.9 Å². The van der Waals surface area contributed by atoms with E-state index in [4.69, 9.17) is 10.2 Å². The highest BCUT2D eigenvalue weighted by atomic mass is 16.4. The molecule has 0 radical (unpaired) electrons. The van der Waals surface area contributed by atoms with Crippen molar-refractivity contribution in [3.8, 4) is 0 Å². The molecule has 0 saturated heterocycles. The fraction of sp³-hybridized carbons (Fsp3) is 0.263. The van der Waals surface area contributed by atoms with Crippen LogP contribution in [0.15, 0.2) is 36.4 Å². The van der Waals surface area contributed by atoms with Gasteiger partial charge >= 0.3 is 11.9 Å². The monoisotopic (exact) mass is 312 g/mol. The Bertz CT molecular complexity index is 728. The zero-order valence-electron chi connectivity index (χ0n) is 13.5. The maximum absolute atomic E-state index is 10.5. The van der Waals surface area contributed by atoms with Gasteiger partial charge in [0.05, 0.1) is 11.1 Å². The molecule has 0 bridgehead atoms. The van der Waals surface area contributed by atoms with E-state index in [9.17, 15) is 9.59 Å². The van der Waals surface area contributed by atoms with Crippen molar-refractivity contribution in [2.75, 3.05) is 0 Å². The lowest BCUT2D eigenvalue weighted by atomic mass is 10.0. The Hall–Kier alpha value is -2.62. The van der Waals surface area contributed by atoms with E-state index in [1.165, 1.54) is 24.1 Å². The van der Waals surface area contributed by atoms with Crippen molar-refractivity contribution in [3.05, 3.63) is 69.8 Å². The quantitative estimate of drug-likeness (QED) is 0.763. The third-order valence-corrected chi connectivity index (χ3v) is 3.72. The molecule has 4 nitrogen and oxygen atoms in total. The third-order valence-electron chi connectivity index (χ3n) is 3.72. The Balaban J connectivity index is 0.000000172. The van der Waals surface area contributed by atoms with Crippen LogP contribution in [0.1, 0.15) is 62.7 Å². The Labute approximate surface area is 135 Å². The number of benzene rings is 2. The van der Waals surface area contributed by atoms with Crippen LogP contribution in [0.4, 0.5) is 0 Å². The van der Waals surface area contributed by atoms with Crippen LogP contribution in [-0.2, 0) is 6.42 Å². The highest BCUT2D eigenvalue weighted by Crippen LogP contribution is 2.30. The summed E-state index contributed by atoms with van der Waals surface area (Å²) in [5.41, 5.74) is 5.21. The van der Waals surface area contributed by atoms with E-state index in [0.717, 1.165) is 6.07 Å². The molecule has 0 aliphatic heterocycles. The van der Waals surface area contributed by atoms with Gasteiger partial charge in [-0.25, -0.2) is 9.59 Å². The topological polar surface area (TPSA) is 74.6 Å². The Morgan fingerprint density at radius 3 is 1.91 bits per heavy atom. The summed E-state index contributed by atoms with van der Waals surface area (Å²) in [6.07, 6.45) is 1.24. The lowest BCUT2D eigenvalue weighted by Gasteiger charge is -2.01. The van der Waals surface area contributed by atoms with Gasteiger partial charge in [-0.15, -0.1) is 0 Å². The summed E-state index contributed by atoms with van der Waals surface area (Å²) in [7, 11) is 0. The van der Waals surface area contributed by atoms with Crippen LogP contribution in [0.25, 0.3) is 0 Å². The molecule has 0 atom stereocenters. The van der Waals surface area contributed by atoms with Crippen molar-refractivity contribution in [1.29, 1.82) is 0 Å². The molecule has 2 aromatic rings. The Morgan fingerprint density at radius 1 is 0.913 bits per heavy atom. The zero-order valence-corrected chi connectivity index (χ0v) is 13.5. The van der Waals surface area contributed by atoms with Crippen LogP contribution in [-0.4, -0.2) is 22.2 Å². The summed E-state index contributed by atoms with van der Waals surface area (Å²) in [5.74, 6) is -1.55. The van der Waals surface area contributed by atoms with Gasteiger partial charge in [0.15, 0.2) is 0 Å². The number of carboxylic acids is 2. The summed E-state index contributed by atoms with van der Waals surface area (Å²) in [5, 5.41) is 17.2. The van der Waals surface area contributed by atoms with E-state index in [1.807, 2.05) is 0 Å². The zero-order chi connectivity index (χ0) is 17.1.